The summed E-state index contributed by atoms with van der Waals surface area (Å²) >= 11 is 0. The number of fused-ring (bicyclic) bond motifs is 1. The first-order chi connectivity index (χ1) is 12.9. The van der Waals surface area contributed by atoms with Gasteiger partial charge in [-0.1, -0.05) is 18.6 Å². The SMILES string of the molecule is c1cc2c(CN3CCN(C4CCC4)CC3)c[nH]c2cc1C1COCC[N]1. The molecule has 5 rings (SSSR count). The van der Waals surface area contributed by atoms with Gasteiger partial charge in [-0.25, -0.2) is 5.32 Å². The Morgan fingerprint density at radius 1 is 1.15 bits per heavy atom. The molecular formula is C21H29N4O. The van der Waals surface area contributed by atoms with Crippen molar-refractivity contribution in [3.8, 4) is 0 Å². The van der Waals surface area contributed by atoms with Crippen molar-refractivity contribution in [1.82, 2.24) is 20.1 Å². The maximum absolute atomic E-state index is 5.58. The maximum atomic E-state index is 5.58. The Kier molecular flexibility index (Phi) is 4.71. The molecule has 3 heterocycles. The van der Waals surface area contributed by atoms with Crippen molar-refractivity contribution in [2.75, 3.05) is 45.9 Å². The summed E-state index contributed by atoms with van der Waals surface area (Å²) in [6.07, 6.45) is 6.47. The van der Waals surface area contributed by atoms with Crippen LogP contribution in [0.2, 0.25) is 0 Å². The minimum Gasteiger partial charge on any atom is -0.378 e. The molecule has 5 nitrogen and oxygen atoms in total. The second-order valence-electron chi connectivity index (χ2n) is 8.01. The first kappa shape index (κ1) is 16.8. The fourth-order valence-corrected chi connectivity index (χ4v) is 4.54. The third kappa shape index (κ3) is 3.29. The maximum Gasteiger partial charge on any atom is 0.0731 e. The molecule has 5 heteroatoms. The van der Waals surface area contributed by atoms with E-state index in [-0.39, 0.29) is 6.04 Å². The predicted octanol–water partition coefficient (Wildman–Crippen LogP) is 2.51. The summed E-state index contributed by atoms with van der Waals surface area (Å²) in [5.74, 6) is 0. The van der Waals surface area contributed by atoms with Gasteiger partial charge in [0.25, 0.3) is 0 Å². The second-order valence-corrected chi connectivity index (χ2v) is 8.01. The van der Waals surface area contributed by atoms with Crippen LogP contribution in [0.25, 0.3) is 10.9 Å². The van der Waals surface area contributed by atoms with Gasteiger partial charge in [0, 0.05) is 62.4 Å². The lowest BCUT2D eigenvalue weighted by Gasteiger charge is -2.43. The molecule has 0 amide bonds. The van der Waals surface area contributed by atoms with Crippen LogP contribution in [0.1, 0.15) is 36.4 Å². The summed E-state index contributed by atoms with van der Waals surface area (Å²) < 4.78 is 5.58. The fourth-order valence-electron chi connectivity index (χ4n) is 4.54. The van der Waals surface area contributed by atoms with Crippen molar-refractivity contribution < 1.29 is 4.74 Å². The molecule has 1 N–H and O–H groups in total. The van der Waals surface area contributed by atoms with E-state index in [1.807, 2.05) is 0 Å². The van der Waals surface area contributed by atoms with Crippen LogP contribution in [0.4, 0.5) is 0 Å². The molecule has 1 atom stereocenters. The van der Waals surface area contributed by atoms with E-state index in [1.54, 1.807) is 0 Å². The summed E-state index contributed by atoms with van der Waals surface area (Å²) in [4.78, 5) is 8.80. The van der Waals surface area contributed by atoms with Gasteiger partial charge in [0.2, 0.25) is 0 Å². The summed E-state index contributed by atoms with van der Waals surface area (Å²) in [6.45, 7) is 8.20. The number of piperazine rings is 1. The smallest absolute Gasteiger partial charge is 0.0731 e. The van der Waals surface area contributed by atoms with Gasteiger partial charge in [0.1, 0.15) is 0 Å². The van der Waals surface area contributed by atoms with Crippen LogP contribution in [0, 0.1) is 0 Å². The third-order valence-corrected chi connectivity index (χ3v) is 6.43. The number of hydrogen-bond acceptors (Lipinski definition) is 3. The quantitative estimate of drug-likeness (QED) is 0.919. The monoisotopic (exact) mass is 353 g/mol. The van der Waals surface area contributed by atoms with Gasteiger partial charge in [0.05, 0.1) is 19.3 Å². The molecule has 1 saturated carbocycles. The van der Waals surface area contributed by atoms with E-state index in [4.69, 9.17) is 4.74 Å². The van der Waals surface area contributed by atoms with Gasteiger partial charge in [-0.3, -0.25) is 9.80 Å². The standard InChI is InChI=1S/C21H29N4O/c1-2-18(3-1)25-9-7-24(8-10-25)14-17-13-23-20-12-16(4-5-19(17)20)21-15-26-11-6-22-21/h4-5,12-13,18,21,23H,1-3,6-11,14-15H2. The Morgan fingerprint density at radius 3 is 2.77 bits per heavy atom. The number of morpholine rings is 1. The first-order valence-corrected chi connectivity index (χ1v) is 10.2. The van der Waals surface area contributed by atoms with Crippen molar-refractivity contribution >= 4 is 10.9 Å². The van der Waals surface area contributed by atoms with Crippen molar-refractivity contribution in [2.24, 2.45) is 0 Å². The lowest BCUT2D eigenvalue weighted by molar-refractivity contribution is 0.0589. The van der Waals surface area contributed by atoms with E-state index < -0.39 is 0 Å². The van der Waals surface area contributed by atoms with Crippen molar-refractivity contribution in [2.45, 2.75) is 37.9 Å². The zero-order valence-corrected chi connectivity index (χ0v) is 15.5. The molecule has 2 aromatic rings. The van der Waals surface area contributed by atoms with E-state index in [9.17, 15) is 0 Å². The molecular weight excluding hydrogens is 324 g/mol. The van der Waals surface area contributed by atoms with Crippen LogP contribution in [0.5, 0.6) is 0 Å². The molecule has 2 aliphatic heterocycles. The molecule has 139 valence electrons. The molecule has 1 aliphatic carbocycles. The number of hydrogen-bond donors (Lipinski definition) is 1. The Bertz CT molecular complexity index is 740. The summed E-state index contributed by atoms with van der Waals surface area (Å²) in [5, 5.41) is 6.04. The number of nitrogens with zero attached hydrogens (tertiary/aromatic N) is 3. The summed E-state index contributed by atoms with van der Waals surface area (Å²) in [7, 11) is 0. The number of H-pyrrole nitrogens is 1. The number of aromatic amines is 1. The van der Waals surface area contributed by atoms with E-state index >= 15 is 0 Å². The van der Waals surface area contributed by atoms with E-state index in [1.165, 1.54) is 67.5 Å². The van der Waals surface area contributed by atoms with Gasteiger partial charge in [0.15, 0.2) is 0 Å². The predicted molar refractivity (Wildman–Crippen MR) is 103 cm³/mol. The molecule has 0 spiro atoms. The van der Waals surface area contributed by atoms with Gasteiger partial charge >= 0.3 is 0 Å². The van der Waals surface area contributed by atoms with Crippen LogP contribution in [-0.4, -0.2) is 66.8 Å². The van der Waals surface area contributed by atoms with Gasteiger partial charge in [-0.15, -0.1) is 0 Å². The lowest BCUT2D eigenvalue weighted by Crippen LogP contribution is -2.51. The topological polar surface area (TPSA) is 45.6 Å². The third-order valence-electron chi connectivity index (χ3n) is 6.43. The Labute approximate surface area is 155 Å². The Hall–Kier alpha value is -1.40. The minimum atomic E-state index is 0.194. The van der Waals surface area contributed by atoms with Crippen LogP contribution in [-0.2, 0) is 11.3 Å². The van der Waals surface area contributed by atoms with Crippen molar-refractivity contribution in [3.05, 3.63) is 35.5 Å². The van der Waals surface area contributed by atoms with Crippen molar-refractivity contribution in [3.63, 3.8) is 0 Å². The van der Waals surface area contributed by atoms with Gasteiger partial charge in [-0.2, -0.15) is 0 Å². The Morgan fingerprint density at radius 2 is 2.04 bits per heavy atom. The highest BCUT2D eigenvalue weighted by molar-refractivity contribution is 5.83. The highest BCUT2D eigenvalue weighted by atomic mass is 16.5. The number of ether oxygens (including phenoxy) is 1. The van der Waals surface area contributed by atoms with Gasteiger partial charge < -0.3 is 9.72 Å². The Balaban J connectivity index is 1.25. The normalized spacial score (nSPS) is 26.2. The number of benzene rings is 1. The molecule has 26 heavy (non-hydrogen) atoms. The summed E-state index contributed by atoms with van der Waals surface area (Å²) in [5.41, 5.74) is 3.91. The summed E-state index contributed by atoms with van der Waals surface area (Å²) in [6, 6.07) is 7.84. The lowest BCUT2D eigenvalue weighted by atomic mass is 9.91. The molecule has 1 radical (unpaired) electrons. The van der Waals surface area contributed by atoms with Crippen LogP contribution >= 0.6 is 0 Å². The molecule has 1 aromatic heterocycles. The molecule has 1 aromatic carbocycles. The average Bonchev–Trinajstić information content (AvgIpc) is 3.05. The molecule has 0 bridgehead atoms. The fraction of sp³-hybridized carbons (Fsp3) is 0.619. The van der Waals surface area contributed by atoms with Crippen LogP contribution in [0.15, 0.2) is 24.4 Å². The van der Waals surface area contributed by atoms with E-state index in [0.717, 1.165) is 25.7 Å². The first-order valence-electron chi connectivity index (χ1n) is 10.2. The number of rotatable bonds is 4. The zero-order valence-electron chi connectivity index (χ0n) is 15.5. The highest BCUT2D eigenvalue weighted by Gasteiger charge is 2.28. The van der Waals surface area contributed by atoms with Gasteiger partial charge in [-0.05, 0) is 30.0 Å². The zero-order chi connectivity index (χ0) is 17.3. The molecule has 1 unspecified atom stereocenters. The van der Waals surface area contributed by atoms with Crippen LogP contribution in [0.3, 0.4) is 0 Å². The largest absolute Gasteiger partial charge is 0.378 e. The number of nitrogens with one attached hydrogen (secondary N) is 1. The average molecular weight is 353 g/mol. The highest BCUT2D eigenvalue weighted by Crippen LogP contribution is 2.27. The second kappa shape index (κ2) is 7.31. The van der Waals surface area contributed by atoms with E-state index in [2.05, 4.69) is 44.5 Å². The van der Waals surface area contributed by atoms with Crippen molar-refractivity contribution in [1.29, 1.82) is 0 Å². The van der Waals surface area contributed by atoms with E-state index in [0.29, 0.717) is 6.61 Å². The molecule has 3 fully saturated rings. The van der Waals surface area contributed by atoms with Crippen LogP contribution < -0.4 is 5.32 Å². The minimum absolute atomic E-state index is 0.194. The molecule has 3 aliphatic rings. The molecule has 2 saturated heterocycles. The number of aromatic nitrogens is 1.